The van der Waals surface area contributed by atoms with Gasteiger partial charge in [0.15, 0.2) is 0 Å². The number of rotatable bonds is 12. The van der Waals surface area contributed by atoms with Gasteiger partial charge in [-0.2, -0.15) is 0 Å². The summed E-state index contributed by atoms with van der Waals surface area (Å²) in [4.78, 5) is 13.0. The molecule has 1 unspecified atom stereocenters. The summed E-state index contributed by atoms with van der Waals surface area (Å²) in [5, 5.41) is 21.4. The number of allylic oxidation sites excluding steroid dienone is 2. The highest BCUT2D eigenvalue weighted by molar-refractivity contribution is 5.75. The Hall–Kier alpha value is -1.73. The van der Waals surface area contributed by atoms with E-state index in [1.165, 1.54) is 0 Å². The van der Waals surface area contributed by atoms with E-state index in [9.17, 15) is 9.90 Å². The minimum atomic E-state index is -0.518. The first-order chi connectivity index (χ1) is 11.3. The van der Waals surface area contributed by atoms with Crippen molar-refractivity contribution in [3.63, 3.8) is 0 Å². The average Bonchev–Trinajstić information content (AvgIpc) is 2.48. The number of carbonyl (C=O) groups excluding carboxylic acids is 1. The van der Waals surface area contributed by atoms with Crippen molar-refractivity contribution < 1.29 is 9.90 Å². The van der Waals surface area contributed by atoms with E-state index >= 15 is 0 Å². The van der Waals surface area contributed by atoms with Crippen LogP contribution in [0.3, 0.4) is 0 Å². The standard InChI is InChI=1S/C17H33N5O2/c1-7-16(11-9-13-22(6)19-18-20(3)4)17(24)14-21(5)12-8-10-15(2)23/h9,11,13,17,24H,7-8,10,12,14H2,1-6H3/b13-9+,16-11+,19-18-. The number of hydrogen-bond acceptors (Lipinski definition) is 5. The van der Waals surface area contributed by atoms with E-state index in [1.54, 1.807) is 44.3 Å². The van der Waals surface area contributed by atoms with Crippen molar-refractivity contribution in [2.75, 3.05) is 41.3 Å². The number of Topliss-reactive ketones (excluding diaryl/α,β-unsaturated/α-hetero) is 1. The zero-order valence-electron chi connectivity index (χ0n) is 15.9. The second-order valence-electron chi connectivity index (χ2n) is 6.12. The van der Waals surface area contributed by atoms with Crippen LogP contribution in [0.25, 0.3) is 0 Å². The van der Waals surface area contributed by atoms with Gasteiger partial charge in [0.1, 0.15) is 5.78 Å². The normalized spacial score (nSPS) is 13.9. The minimum absolute atomic E-state index is 0.207. The smallest absolute Gasteiger partial charge is 0.129 e. The highest BCUT2D eigenvalue weighted by Gasteiger charge is 2.11. The summed E-state index contributed by atoms with van der Waals surface area (Å²) in [6.07, 6.45) is 7.22. The van der Waals surface area contributed by atoms with Gasteiger partial charge in [-0.1, -0.05) is 18.2 Å². The first-order valence-electron chi connectivity index (χ1n) is 8.31. The van der Waals surface area contributed by atoms with Crippen molar-refractivity contribution in [2.45, 2.75) is 39.2 Å². The van der Waals surface area contributed by atoms with E-state index in [0.29, 0.717) is 13.0 Å². The van der Waals surface area contributed by atoms with E-state index in [4.69, 9.17) is 0 Å². The molecule has 0 aliphatic heterocycles. The average molecular weight is 339 g/mol. The summed E-state index contributed by atoms with van der Waals surface area (Å²) in [5.74, 6) is 0.207. The predicted octanol–water partition coefficient (Wildman–Crippen LogP) is 2.27. The molecular weight excluding hydrogens is 306 g/mol. The van der Waals surface area contributed by atoms with Crippen LogP contribution in [0.2, 0.25) is 0 Å². The minimum Gasteiger partial charge on any atom is -0.387 e. The van der Waals surface area contributed by atoms with E-state index in [0.717, 1.165) is 25.0 Å². The number of hydrogen-bond donors (Lipinski definition) is 1. The summed E-state index contributed by atoms with van der Waals surface area (Å²) >= 11 is 0. The number of ketones is 1. The summed E-state index contributed by atoms with van der Waals surface area (Å²) in [7, 11) is 7.36. The highest BCUT2D eigenvalue weighted by atomic mass is 16.3. The van der Waals surface area contributed by atoms with Crippen LogP contribution in [-0.4, -0.2) is 73.2 Å². The number of carbonyl (C=O) groups is 1. The summed E-state index contributed by atoms with van der Waals surface area (Å²) in [6, 6.07) is 0. The largest absolute Gasteiger partial charge is 0.387 e. The first kappa shape index (κ1) is 22.3. The van der Waals surface area contributed by atoms with Crippen LogP contribution in [0.5, 0.6) is 0 Å². The second kappa shape index (κ2) is 12.7. The van der Waals surface area contributed by atoms with Gasteiger partial charge in [0.05, 0.1) is 6.10 Å². The van der Waals surface area contributed by atoms with Crippen molar-refractivity contribution in [2.24, 2.45) is 10.4 Å². The van der Waals surface area contributed by atoms with Gasteiger partial charge >= 0.3 is 0 Å². The van der Waals surface area contributed by atoms with Crippen LogP contribution in [0.15, 0.2) is 34.4 Å². The molecule has 7 nitrogen and oxygen atoms in total. The molecule has 0 heterocycles. The Kier molecular flexibility index (Phi) is 11.8. The van der Waals surface area contributed by atoms with Gasteiger partial charge in [-0.05, 0) is 50.2 Å². The van der Waals surface area contributed by atoms with Crippen LogP contribution in [0, 0.1) is 0 Å². The maximum atomic E-state index is 11.0. The molecule has 0 aliphatic rings. The van der Waals surface area contributed by atoms with Crippen LogP contribution in [0.4, 0.5) is 0 Å². The third kappa shape index (κ3) is 11.8. The van der Waals surface area contributed by atoms with Gasteiger partial charge < -0.3 is 14.8 Å². The van der Waals surface area contributed by atoms with Gasteiger partial charge in [-0.25, -0.2) is 0 Å². The van der Waals surface area contributed by atoms with E-state index in [2.05, 4.69) is 15.3 Å². The Morgan fingerprint density at radius 3 is 2.42 bits per heavy atom. The van der Waals surface area contributed by atoms with Crippen LogP contribution in [-0.2, 0) is 4.79 Å². The Morgan fingerprint density at radius 1 is 1.21 bits per heavy atom. The lowest BCUT2D eigenvalue weighted by molar-refractivity contribution is -0.117. The first-order valence-corrected chi connectivity index (χ1v) is 8.31. The van der Waals surface area contributed by atoms with Gasteiger partial charge in [-0.15, -0.1) is 0 Å². The van der Waals surface area contributed by atoms with E-state index in [-0.39, 0.29) is 5.78 Å². The van der Waals surface area contributed by atoms with Crippen molar-refractivity contribution in [1.29, 1.82) is 0 Å². The summed E-state index contributed by atoms with van der Waals surface area (Å²) in [5.41, 5.74) is 0.961. The number of aliphatic hydroxyl groups excluding tert-OH is 1. The molecule has 0 aromatic heterocycles. The molecule has 24 heavy (non-hydrogen) atoms. The number of aliphatic hydroxyl groups is 1. The maximum absolute atomic E-state index is 11.0. The molecular formula is C17H33N5O2. The predicted molar refractivity (Wildman–Crippen MR) is 97.2 cm³/mol. The summed E-state index contributed by atoms with van der Waals surface area (Å²) < 4.78 is 0. The van der Waals surface area contributed by atoms with Gasteiger partial charge in [-0.3, -0.25) is 10.0 Å². The topological polar surface area (TPSA) is 71.7 Å². The van der Waals surface area contributed by atoms with Crippen LogP contribution in [0.1, 0.15) is 33.1 Å². The molecule has 0 radical (unpaired) electrons. The third-order valence-electron chi connectivity index (χ3n) is 3.36. The molecule has 0 fully saturated rings. The third-order valence-corrected chi connectivity index (χ3v) is 3.36. The second-order valence-corrected chi connectivity index (χ2v) is 6.12. The molecule has 138 valence electrons. The molecule has 0 saturated heterocycles. The Balaban J connectivity index is 4.45. The molecule has 7 heteroatoms. The molecule has 0 aliphatic carbocycles. The van der Waals surface area contributed by atoms with Gasteiger partial charge in [0, 0.05) is 40.3 Å². The molecule has 0 saturated carbocycles. The van der Waals surface area contributed by atoms with Crippen molar-refractivity contribution >= 4 is 5.78 Å². The fourth-order valence-electron chi connectivity index (χ4n) is 2.03. The molecule has 0 aromatic carbocycles. The molecule has 1 N–H and O–H groups in total. The van der Waals surface area contributed by atoms with Crippen molar-refractivity contribution in [3.8, 4) is 0 Å². The van der Waals surface area contributed by atoms with E-state index in [1.807, 2.05) is 26.1 Å². The van der Waals surface area contributed by atoms with Crippen molar-refractivity contribution in [1.82, 2.24) is 14.9 Å². The van der Waals surface area contributed by atoms with Gasteiger partial charge in [0.25, 0.3) is 0 Å². The van der Waals surface area contributed by atoms with Crippen LogP contribution >= 0.6 is 0 Å². The fourth-order valence-corrected chi connectivity index (χ4v) is 2.03. The zero-order valence-corrected chi connectivity index (χ0v) is 15.9. The molecule has 1 atom stereocenters. The van der Waals surface area contributed by atoms with E-state index < -0.39 is 6.10 Å². The Bertz CT molecular complexity index is 446. The lowest BCUT2D eigenvalue weighted by atomic mass is 10.1. The number of nitrogens with zero attached hydrogens (tertiary/aromatic N) is 5. The zero-order chi connectivity index (χ0) is 18.5. The molecule has 0 bridgehead atoms. The summed E-state index contributed by atoms with van der Waals surface area (Å²) in [6.45, 7) is 4.99. The van der Waals surface area contributed by atoms with Crippen LogP contribution < -0.4 is 0 Å². The lowest BCUT2D eigenvalue weighted by Gasteiger charge is -2.21. The molecule has 0 amide bonds. The highest BCUT2D eigenvalue weighted by Crippen LogP contribution is 2.10. The quantitative estimate of drug-likeness (QED) is 0.335. The lowest BCUT2D eigenvalue weighted by Crippen LogP contribution is -2.31. The molecule has 0 aromatic rings. The SMILES string of the molecule is CC/C(=C\C=C\N(C)/N=N\N(C)C)C(O)CN(C)CCCC(C)=O. The molecule has 0 spiro atoms. The van der Waals surface area contributed by atoms with Gasteiger partial charge in [0.2, 0.25) is 0 Å². The Labute approximate surface area is 146 Å². The Morgan fingerprint density at radius 2 is 1.88 bits per heavy atom. The van der Waals surface area contributed by atoms with Crippen molar-refractivity contribution in [3.05, 3.63) is 23.9 Å². The monoisotopic (exact) mass is 339 g/mol. The molecule has 0 rings (SSSR count). The fraction of sp³-hybridized carbons (Fsp3) is 0.706. The number of likely N-dealkylation sites (N-methyl/N-ethyl adjacent to an activating group) is 1. The maximum Gasteiger partial charge on any atom is 0.129 e.